The number of halogens is 1. The van der Waals surface area contributed by atoms with Crippen molar-refractivity contribution in [3.63, 3.8) is 0 Å². The zero-order valence-corrected chi connectivity index (χ0v) is 10.0. The highest BCUT2D eigenvalue weighted by molar-refractivity contribution is 5.68. The molecule has 3 nitrogen and oxygen atoms in total. The van der Waals surface area contributed by atoms with Crippen LogP contribution in [0.1, 0.15) is 19.3 Å². The van der Waals surface area contributed by atoms with Gasteiger partial charge >= 0.3 is 0 Å². The van der Waals surface area contributed by atoms with Gasteiger partial charge in [-0.3, -0.25) is 4.68 Å². The molecule has 0 unspecified atom stereocenters. The largest absolute Gasteiger partial charge is 0.507 e. The number of phenols is 1. The van der Waals surface area contributed by atoms with Crippen LogP contribution in [-0.2, 0) is 6.54 Å². The maximum Gasteiger partial charge on any atom is 0.126 e. The van der Waals surface area contributed by atoms with Gasteiger partial charge in [0.2, 0.25) is 0 Å². The van der Waals surface area contributed by atoms with Crippen LogP contribution in [0.3, 0.4) is 0 Å². The van der Waals surface area contributed by atoms with E-state index in [0.717, 1.165) is 24.1 Å². The predicted molar refractivity (Wildman–Crippen MR) is 66.6 cm³/mol. The molecule has 0 amide bonds. The second-order valence-electron chi connectivity index (χ2n) is 4.91. The van der Waals surface area contributed by atoms with Crippen molar-refractivity contribution >= 4 is 0 Å². The van der Waals surface area contributed by atoms with Crippen LogP contribution in [0.4, 0.5) is 4.39 Å². The summed E-state index contributed by atoms with van der Waals surface area (Å²) in [4.78, 5) is 0. The first-order valence-electron chi connectivity index (χ1n) is 6.24. The summed E-state index contributed by atoms with van der Waals surface area (Å²) in [5, 5.41) is 14.0. The highest BCUT2D eigenvalue weighted by atomic mass is 19.1. The van der Waals surface area contributed by atoms with Gasteiger partial charge < -0.3 is 5.11 Å². The predicted octanol–water partition coefficient (Wildman–Crippen LogP) is 3.19. The van der Waals surface area contributed by atoms with E-state index >= 15 is 0 Å². The zero-order valence-electron chi connectivity index (χ0n) is 10.0. The molecule has 1 saturated carbocycles. The Bertz CT molecular complexity index is 561. The fourth-order valence-corrected chi connectivity index (χ4v) is 2.29. The van der Waals surface area contributed by atoms with Crippen molar-refractivity contribution in [1.82, 2.24) is 9.78 Å². The smallest absolute Gasteiger partial charge is 0.126 e. The molecule has 1 aliphatic carbocycles. The van der Waals surface area contributed by atoms with Gasteiger partial charge in [0.05, 0.1) is 6.20 Å². The summed E-state index contributed by atoms with van der Waals surface area (Å²) in [6.07, 6.45) is 7.49. The number of hydrogen-bond donors (Lipinski definition) is 1. The summed E-state index contributed by atoms with van der Waals surface area (Å²) >= 11 is 0. The number of aromatic nitrogens is 2. The number of rotatable bonds is 3. The lowest BCUT2D eigenvalue weighted by atomic mass is 9.85. The van der Waals surface area contributed by atoms with Gasteiger partial charge in [0, 0.05) is 29.9 Å². The van der Waals surface area contributed by atoms with E-state index in [2.05, 4.69) is 5.10 Å². The summed E-state index contributed by atoms with van der Waals surface area (Å²) in [5.41, 5.74) is 1.45. The molecule has 1 aromatic heterocycles. The Morgan fingerprint density at radius 2 is 2.22 bits per heavy atom. The topological polar surface area (TPSA) is 38.1 Å². The Balaban J connectivity index is 1.83. The molecule has 0 atom stereocenters. The summed E-state index contributed by atoms with van der Waals surface area (Å²) in [7, 11) is 0. The van der Waals surface area contributed by atoms with Crippen molar-refractivity contribution in [1.29, 1.82) is 0 Å². The van der Waals surface area contributed by atoms with E-state index in [-0.39, 0.29) is 5.75 Å². The van der Waals surface area contributed by atoms with E-state index < -0.39 is 5.82 Å². The molecule has 4 heteroatoms. The third kappa shape index (κ3) is 2.10. The standard InChI is InChI=1S/C14H15FN2O/c15-12-4-5-13(14(18)6-12)11-7-16-17(9-11)8-10-2-1-3-10/h4-7,9-10,18H,1-3,8H2. The Labute approximate surface area is 105 Å². The number of benzene rings is 1. The maximum absolute atomic E-state index is 12.9. The van der Waals surface area contributed by atoms with E-state index in [0.29, 0.717) is 5.56 Å². The molecule has 0 aliphatic heterocycles. The zero-order chi connectivity index (χ0) is 12.5. The summed E-state index contributed by atoms with van der Waals surface area (Å²) < 4.78 is 14.8. The normalized spacial score (nSPS) is 15.6. The molecule has 94 valence electrons. The molecule has 18 heavy (non-hydrogen) atoms. The van der Waals surface area contributed by atoms with Gasteiger partial charge in [-0.25, -0.2) is 4.39 Å². The lowest BCUT2D eigenvalue weighted by molar-refractivity contribution is 0.266. The van der Waals surface area contributed by atoms with Crippen LogP contribution in [0.2, 0.25) is 0 Å². The molecule has 3 rings (SSSR count). The monoisotopic (exact) mass is 246 g/mol. The Hall–Kier alpha value is -1.84. The molecule has 1 N–H and O–H groups in total. The minimum absolute atomic E-state index is 0.0433. The SMILES string of the molecule is Oc1cc(F)ccc1-c1cnn(CC2CCC2)c1. The van der Waals surface area contributed by atoms with Crippen LogP contribution in [0.5, 0.6) is 5.75 Å². The van der Waals surface area contributed by atoms with Crippen molar-refractivity contribution in [3.05, 3.63) is 36.4 Å². The quantitative estimate of drug-likeness (QED) is 0.903. The fourth-order valence-electron chi connectivity index (χ4n) is 2.29. The van der Waals surface area contributed by atoms with Crippen molar-refractivity contribution in [3.8, 4) is 16.9 Å². The van der Waals surface area contributed by atoms with Crippen LogP contribution in [0, 0.1) is 11.7 Å². The Morgan fingerprint density at radius 1 is 1.39 bits per heavy atom. The number of nitrogens with zero attached hydrogens (tertiary/aromatic N) is 2. The first kappa shape index (κ1) is 11.3. The molecule has 2 aromatic rings. The van der Waals surface area contributed by atoms with E-state index in [1.54, 1.807) is 12.3 Å². The van der Waals surface area contributed by atoms with E-state index in [1.165, 1.54) is 25.3 Å². The number of phenolic OH excluding ortho intramolecular Hbond substituents is 1. The molecule has 1 fully saturated rings. The molecule has 0 bridgehead atoms. The van der Waals surface area contributed by atoms with Gasteiger partial charge in [-0.15, -0.1) is 0 Å². The molecule has 1 heterocycles. The fraction of sp³-hybridized carbons (Fsp3) is 0.357. The summed E-state index contributed by atoms with van der Waals surface area (Å²) in [6.45, 7) is 0.932. The second kappa shape index (κ2) is 4.44. The van der Waals surface area contributed by atoms with Gasteiger partial charge in [-0.05, 0) is 30.9 Å². The van der Waals surface area contributed by atoms with Gasteiger partial charge in [-0.1, -0.05) is 6.42 Å². The van der Waals surface area contributed by atoms with E-state index in [9.17, 15) is 9.50 Å². The van der Waals surface area contributed by atoms with Crippen molar-refractivity contribution in [2.45, 2.75) is 25.8 Å². The second-order valence-corrected chi connectivity index (χ2v) is 4.91. The minimum Gasteiger partial charge on any atom is -0.507 e. The first-order chi connectivity index (χ1) is 8.72. The van der Waals surface area contributed by atoms with E-state index in [1.807, 2.05) is 10.9 Å². The Morgan fingerprint density at radius 3 is 2.89 bits per heavy atom. The van der Waals surface area contributed by atoms with Gasteiger partial charge in [-0.2, -0.15) is 5.10 Å². The maximum atomic E-state index is 12.9. The third-order valence-electron chi connectivity index (χ3n) is 3.57. The lowest BCUT2D eigenvalue weighted by Gasteiger charge is -2.24. The van der Waals surface area contributed by atoms with Crippen LogP contribution < -0.4 is 0 Å². The molecule has 1 aromatic carbocycles. The average molecular weight is 246 g/mol. The van der Waals surface area contributed by atoms with Gasteiger partial charge in [0.15, 0.2) is 0 Å². The van der Waals surface area contributed by atoms with Crippen LogP contribution >= 0.6 is 0 Å². The highest BCUT2D eigenvalue weighted by Crippen LogP contribution is 2.31. The number of aromatic hydroxyl groups is 1. The van der Waals surface area contributed by atoms with Crippen LogP contribution in [0.15, 0.2) is 30.6 Å². The number of hydrogen-bond acceptors (Lipinski definition) is 2. The highest BCUT2D eigenvalue weighted by Gasteiger charge is 2.18. The third-order valence-corrected chi connectivity index (χ3v) is 3.57. The molecule has 0 radical (unpaired) electrons. The van der Waals surface area contributed by atoms with Crippen molar-refractivity contribution < 1.29 is 9.50 Å². The molecule has 1 aliphatic rings. The van der Waals surface area contributed by atoms with Crippen molar-refractivity contribution in [2.75, 3.05) is 0 Å². The summed E-state index contributed by atoms with van der Waals surface area (Å²) in [6, 6.07) is 4.05. The van der Waals surface area contributed by atoms with E-state index in [4.69, 9.17) is 0 Å². The van der Waals surface area contributed by atoms with Gasteiger partial charge in [0.25, 0.3) is 0 Å². The summed E-state index contributed by atoms with van der Waals surface area (Å²) in [5.74, 6) is 0.260. The van der Waals surface area contributed by atoms with Crippen molar-refractivity contribution in [2.24, 2.45) is 5.92 Å². The molecule has 0 saturated heterocycles. The lowest BCUT2D eigenvalue weighted by Crippen LogP contribution is -2.18. The minimum atomic E-state index is -0.432. The average Bonchev–Trinajstić information content (AvgIpc) is 2.72. The van der Waals surface area contributed by atoms with Crippen LogP contribution in [-0.4, -0.2) is 14.9 Å². The van der Waals surface area contributed by atoms with Crippen LogP contribution in [0.25, 0.3) is 11.1 Å². The molecule has 0 spiro atoms. The molecular weight excluding hydrogens is 231 g/mol. The molecular formula is C14H15FN2O. The Kier molecular flexibility index (Phi) is 2.78. The first-order valence-corrected chi connectivity index (χ1v) is 6.24. The van der Waals surface area contributed by atoms with Gasteiger partial charge in [0.1, 0.15) is 11.6 Å².